The zero-order chi connectivity index (χ0) is 19.2. The summed E-state index contributed by atoms with van der Waals surface area (Å²) < 4.78 is 7.61. The monoisotopic (exact) mass is 383 g/mol. The molecule has 7 heteroatoms. The molecule has 150 valence electrons. The van der Waals surface area contributed by atoms with E-state index in [0.29, 0.717) is 6.54 Å². The number of carbonyl (C=O) groups excluding carboxylic acids is 1. The minimum absolute atomic E-state index is 0.119. The van der Waals surface area contributed by atoms with Crippen molar-refractivity contribution in [1.29, 1.82) is 0 Å². The molecule has 1 aromatic carbocycles. The van der Waals surface area contributed by atoms with Gasteiger partial charge in [-0.05, 0) is 24.8 Å². The summed E-state index contributed by atoms with van der Waals surface area (Å²) in [7, 11) is 0. The topological polar surface area (TPSA) is 72.3 Å². The molecule has 0 aliphatic carbocycles. The van der Waals surface area contributed by atoms with Crippen molar-refractivity contribution < 1.29 is 9.53 Å². The number of aryl methyl sites for hydroxylation is 3. The van der Waals surface area contributed by atoms with Crippen LogP contribution in [-0.4, -0.2) is 64.5 Å². The van der Waals surface area contributed by atoms with E-state index in [9.17, 15) is 4.79 Å². The first-order valence-electron chi connectivity index (χ1n) is 10.3. The zero-order valence-electron chi connectivity index (χ0n) is 16.3. The molecule has 2 aromatic rings. The highest BCUT2D eigenvalue weighted by atomic mass is 16.5. The summed E-state index contributed by atoms with van der Waals surface area (Å²) in [6.45, 7) is 4.45. The van der Waals surface area contributed by atoms with Gasteiger partial charge in [-0.3, -0.25) is 9.69 Å². The Labute approximate surface area is 166 Å². The first-order chi connectivity index (χ1) is 13.8. The van der Waals surface area contributed by atoms with Crippen molar-refractivity contribution in [2.24, 2.45) is 0 Å². The van der Waals surface area contributed by atoms with Crippen molar-refractivity contribution in [2.45, 2.75) is 44.7 Å². The molecule has 1 fully saturated rings. The number of amides is 1. The van der Waals surface area contributed by atoms with Crippen LogP contribution < -0.4 is 5.32 Å². The van der Waals surface area contributed by atoms with Gasteiger partial charge in [0, 0.05) is 38.5 Å². The summed E-state index contributed by atoms with van der Waals surface area (Å²) in [5.74, 6) is 2.22. The summed E-state index contributed by atoms with van der Waals surface area (Å²) in [5, 5.41) is 12.1. The number of aromatic nitrogens is 3. The summed E-state index contributed by atoms with van der Waals surface area (Å²) >= 11 is 0. The van der Waals surface area contributed by atoms with Gasteiger partial charge in [-0.2, -0.15) is 0 Å². The molecule has 1 aromatic heterocycles. The van der Waals surface area contributed by atoms with E-state index in [2.05, 4.69) is 49.2 Å². The van der Waals surface area contributed by atoms with Crippen molar-refractivity contribution in [3.05, 3.63) is 47.5 Å². The third kappa shape index (κ3) is 4.97. The van der Waals surface area contributed by atoms with Gasteiger partial charge in [-0.15, -0.1) is 10.2 Å². The van der Waals surface area contributed by atoms with Crippen LogP contribution in [0.15, 0.2) is 30.3 Å². The highest BCUT2D eigenvalue weighted by molar-refractivity contribution is 5.78. The molecule has 1 saturated heterocycles. The highest BCUT2D eigenvalue weighted by Crippen LogP contribution is 2.17. The molecule has 0 spiro atoms. The van der Waals surface area contributed by atoms with Gasteiger partial charge in [0.05, 0.1) is 19.8 Å². The Morgan fingerprint density at radius 2 is 1.89 bits per heavy atom. The quantitative estimate of drug-likeness (QED) is 0.812. The number of ether oxygens (including phenoxy) is 1. The van der Waals surface area contributed by atoms with Gasteiger partial charge in [0.2, 0.25) is 5.91 Å². The molecule has 0 radical (unpaired) electrons. The van der Waals surface area contributed by atoms with E-state index in [1.165, 1.54) is 5.56 Å². The normalized spacial score (nSPS) is 20.4. The molecule has 1 amide bonds. The Bertz CT molecular complexity index is 770. The molecule has 0 bridgehead atoms. The van der Waals surface area contributed by atoms with Crippen LogP contribution in [-0.2, 0) is 35.3 Å². The van der Waals surface area contributed by atoms with Crippen molar-refractivity contribution in [3.63, 3.8) is 0 Å². The zero-order valence-corrected chi connectivity index (χ0v) is 16.3. The van der Waals surface area contributed by atoms with Crippen LogP contribution in [0.4, 0.5) is 0 Å². The summed E-state index contributed by atoms with van der Waals surface area (Å²) in [6, 6.07) is 10.7. The lowest BCUT2D eigenvalue weighted by atomic mass is 10.1. The van der Waals surface area contributed by atoms with E-state index in [-0.39, 0.29) is 11.9 Å². The number of carbonyl (C=O) groups is 1. The second kappa shape index (κ2) is 9.30. The average molecular weight is 383 g/mol. The molecule has 1 atom stereocenters. The van der Waals surface area contributed by atoms with Crippen LogP contribution in [0.2, 0.25) is 0 Å². The van der Waals surface area contributed by atoms with E-state index in [4.69, 9.17) is 4.74 Å². The molecule has 2 aliphatic heterocycles. The lowest BCUT2D eigenvalue weighted by Gasteiger charge is -2.26. The van der Waals surface area contributed by atoms with Crippen molar-refractivity contribution in [1.82, 2.24) is 25.0 Å². The lowest BCUT2D eigenvalue weighted by molar-refractivity contribution is -0.124. The van der Waals surface area contributed by atoms with E-state index in [0.717, 1.165) is 76.6 Å². The van der Waals surface area contributed by atoms with E-state index in [1.807, 2.05) is 6.07 Å². The molecule has 0 saturated carbocycles. The summed E-state index contributed by atoms with van der Waals surface area (Å²) in [5.41, 5.74) is 1.32. The first kappa shape index (κ1) is 19.1. The van der Waals surface area contributed by atoms with Gasteiger partial charge in [0.15, 0.2) is 0 Å². The Morgan fingerprint density at radius 3 is 2.71 bits per heavy atom. The number of hydrogen-bond acceptors (Lipinski definition) is 5. The predicted octanol–water partition coefficient (Wildman–Crippen LogP) is 1.22. The number of hydrogen-bond donors (Lipinski definition) is 1. The van der Waals surface area contributed by atoms with Gasteiger partial charge in [0.25, 0.3) is 0 Å². The van der Waals surface area contributed by atoms with Crippen LogP contribution >= 0.6 is 0 Å². The van der Waals surface area contributed by atoms with Crippen LogP contribution in [0.3, 0.4) is 0 Å². The number of nitrogens with zero attached hydrogens (tertiary/aromatic N) is 4. The molecule has 2 aliphatic rings. The Balaban J connectivity index is 1.29. The molecule has 7 nitrogen and oxygen atoms in total. The van der Waals surface area contributed by atoms with Gasteiger partial charge in [-0.1, -0.05) is 30.3 Å². The second-order valence-corrected chi connectivity index (χ2v) is 7.65. The molecular weight excluding hydrogens is 354 g/mol. The molecule has 1 unspecified atom stereocenters. The van der Waals surface area contributed by atoms with Crippen molar-refractivity contribution >= 4 is 5.91 Å². The maximum absolute atomic E-state index is 12.4. The Hall–Kier alpha value is -2.25. The van der Waals surface area contributed by atoms with E-state index < -0.39 is 0 Å². The second-order valence-electron chi connectivity index (χ2n) is 7.65. The maximum atomic E-state index is 12.4. The lowest BCUT2D eigenvalue weighted by Crippen LogP contribution is -2.45. The Morgan fingerprint density at radius 1 is 1.07 bits per heavy atom. The number of fused-ring (bicyclic) bond motifs is 1. The van der Waals surface area contributed by atoms with E-state index >= 15 is 0 Å². The minimum Gasteiger partial charge on any atom is -0.379 e. The van der Waals surface area contributed by atoms with Gasteiger partial charge in [-0.25, -0.2) is 0 Å². The highest BCUT2D eigenvalue weighted by Gasteiger charge is 2.22. The molecular formula is C21H29N5O2. The van der Waals surface area contributed by atoms with Crippen LogP contribution in [0, 0.1) is 0 Å². The molecule has 4 rings (SSSR count). The number of nitrogens with one attached hydrogen (secondary N) is 1. The third-order valence-electron chi connectivity index (χ3n) is 5.64. The van der Waals surface area contributed by atoms with Gasteiger partial charge in [0.1, 0.15) is 11.6 Å². The van der Waals surface area contributed by atoms with E-state index in [1.54, 1.807) is 0 Å². The fourth-order valence-corrected chi connectivity index (χ4v) is 4.01. The SMILES string of the molecule is O=C(CN1CCOCC1)NC1CCc2nnc(CCc3ccccc3)n2CC1. The molecule has 28 heavy (non-hydrogen) atoms. The third-order valence-corrected chi connectivity index (χ3v) is 5.64. The predicted molar refractivity (Wildman–Crippen MR) is 106 cm³/mol. The Kier molecular flexibility index (Phi) is 6.34. The number of morpholine rings is 1. The number of benzene rings is 1. The average Bonchev–Trinajstić information content (AvgIpc) is 3.00. The standard InChI is InChI=1S/C21H29N5O2/c27-21(16-25-12-14-28-15-13-25)22-18-7-9-20-24-23-19(26(20)11-10-18)8-6-17-4-2-1-3-5-17/h1-5,18H,6-16H2,(H,22,27). The fourth-order valence-electron chi connectivity index (χ4n) is 4.01. The molecule has 1 N–H and O–H groups in total. The van der Waals surface area contributed by atoms with Crippen molar-refractivity contribution in [2.75, 3.05) is 32.8 Å². The van der Waals surface area contributed by atoms with Crippen molar-refractivity contribution in [3.8, 4) is 0 Å². The van der Waals surface area contributed by atoms with Crippen LogP contribution in [0.1, 0.15) is 30.1 Å². The van der Waals surface area contributed by atoms with Crippen LogP contribution in [0.5, 0.6) is 0 Å². The minimum atomic E-state index is 0.119. The molecule has 3 heterocycles. The number of rotatable bonds is 6. The maximum Gasteiger partial charge on any atom is 0.234 e. The summed E-state index contributed by atoms with van der Waals surface area (Å²) in [6.07, 6.45) is 4.58. The fraction of sp³-hybridized carbons (Fsp3) is 0.571. The van der Waals surface area contributed by atoms with Gasteiger partial charge >= 0.3 is 0 Å². The smallest absolute Gasteiger partial charge is 0.234 e. The largest absolute Gasteiger partial charge is 0.379 e. The summed E-state index contributed by atoms with van der Waals surface area (Å²) in [4.78, 5) is 14.6. The van der Waals surface area contributed by atoms with Gasteiger partial charge < -0.3 is 14.6 Å². The van der Waals surface area contributed by atoms with Crippen LogP contribution in [0.25, 0.3) is 0 Å². The first-order valence-corrected chi connectivity index (χ1v) is 10.3.